The first-order valence-corrected chi connectivity index (χ1v) is 7.29. The first-order chi connectivity index (χ1) is 9.92. The summed E-state index contributed by atoms with van der Waals surface area (Å²) in [6.45, 7) is 0. The molecule has 2 aliphatic carbocycles. The second kappa shape index (κ2) is 6.10. The molecule has 0 amide bonds. The normalized spacial score (nSPS) is 21.0. The van der Waals surface area contributed by atoms with E-state index in [0.29, 0.717) is 11.8 Å². The Morgan fingerprint density at radius 1 is 0.762 bits per heavy atom. The molecule has 0 aliphatic heterocycles. The fourth-order valence-corrected chi connectivity index (χ4v) is 3.31. The quantitative estimate of drug-likeness (QED) is 0.589. The molecule has 0 fully saturated rings. The molecule has 1 heteroatoms. The van der Waals surface area contributed by atoms with Gasteiger partial charge in [0.25, 0.3) is 0 Å². The SMILES string of the molecule is C1=CC([CH-]CC2C=Cc3ccccc32)c2ccccc21.[Li+]. The van der Waals surface area contributed by atoms with Gasteiger partial charge in [-0.15, -0.1) is 12.0 Å². The molecule has 2 aliphatic rings. The van der Waals surface area contributed by atoms with Crippen molar-refractivity contribution in [2.24, 2.45) is 0 Å². The van der Waals surface area contributed by atoms with Gasteiger partial charge in [-0.05, 0) is 22.6 Å². The van der Waals surface area contributed by atoms with E-state index in [1.165, 1.54) is 22.3 Å². The molecule has 4 rings (SSSR count). The van der Waals surface area contributed by atoms with Gasteiger partial charge < -0.3 is 6.42 Å². The van der Waals surface area contributed by atoms with E-state index in [0.717, 1.165) is 6.42 Å². The first kappa shape index (κ1) is 14.5. The Morgan fingerprint density at radius 3 is 2.19 bits per heavy atom. The molecule has 0 radical (unpaired) electrons. The van der Waals surface area contributed by atoms with Gasteiger partial charge in [0.05, 0.1) is 0 Å². The standard InChI is InChI=1S/C20H17.Li/c1-3-7-19-15(5-1)9-11-17(19)13-14-18-12-10-16-6-2-4-8-20(16)18;/h1-13,17-18H,14H2;/q-1;+1. The first-order valence-electron chi connectivity index (χ1n) is 7.29. The molecule has 0 nitrogen and oxygen atoms in total. The monoisotopic (exact) mass is 264 g/mol. The smallest absolute Gasteiger partial charge is 0.317 e. The Balaban J connectivity index is 0.00000132. The van der Waals surface area contributed by atoms with Gasteiger partial charge >= 0.3 is 18.9 Å². The summed E-state index contributed by atoms with van der Waals surface area (Å²) in [4.78, 5) is 0. The van der Waals surface area contributed by atoms with Gasteiger partial charge in [0.15, 0.2) is 0 Å². The summed E-state index contributed by atoms with van der Waals surface area (Å²) < 4.78 is 0. The number of hydrogen-bond acceptors (Lipinski definition) is 0. The topological polar surface area (TPSA) is 0 Å². The fraction of sp³-hybridized carbons (Fsp3) is 0.150. The van der Waals surface area contributed by atoms with Crippen molar-refractivity contribution in [3.8, 4) is 0 Å². The van der Waals surface area contributed by atoms with Crippen LogP contribution in [0.5, 0.6) is 0 Å². The van der Waals surface area contributed by atoms with Gasteiger partial charge in [0.1, 0.15) is 0 Å². The van der Waals surface area contributed by atoms with Crippen molar-refractivity contribution in [1.29, 1.82) is 0 Å². The van der Waals surface area contributed by atoms with E-state index < -0.39 is 0 Å². The molecular weight excluding hydrogens is 247 g/mol. The van der Waals surface area contributed by atoms with Gasteiger partial charge in [-0.25, -0.2) is 0 Å². The number of hydrogen-bond donors (Lipinski definition) is 0. The minimum Gasteiger partial charge on any atom is -0.317 e. The second-order valence-electron chi connectivity index (χ2n) is 5.58. The molecule has 0 spiro atoms. The minimum atomic E-state index is 0. The van der Waals surface area contributed by atoms with E-state index >= 15 is 0 Å². The van der Waals surface area contributed by atoms with Crippen LogP contribution in [-0.2, 0) is 0 Å². The third kappa shape index (κ3) is 2.67. The molecular formula is C20H17Li. The van der Waals surface area contributed by atoms with Gasteiger partial charge in [0, 0.05) is 0 Å². The van der Waals surface area contributed by atoms with E-state index in [1.54, 1.807) is 0 Å². The maximum absolute atomic E-state index is 2.46. The molecule has 0 saturated heterocycles. The fourth-order valence-electron chi connectivity index (χ4n) is 3.31. The Morgan fingerprint density at radius 2 is 1.38 bits per heavy atom. The van der Waals surface area contributed by atoms with Crippen LogP contribution in [0, 0.1) is 6.42 Å². The van der Waals surface area contributed by atoms with E-state index in [9.17, 15) is 0 Å². The Hall–Kier alpha value is -1.48. The molecule has 2 unspecified atom stereocenters. The third-order valence-electron chi connectivity index (χ3n) is 4.39. The largest absolute Gasteiger partial charge is 1.00 e. The molecule has 2 atom stereocenters. The number of benzene rings is 2. The van der Waals surface area contributed by atoms with Crippen molar-refractivity contribution in [1.82, 2.24) is 0 Å². The summed E-state index contributed by atoms with van der Waals surface area (Å²) in [6, 6.07) is 17.4. The number of fused-ring (bicyclic) bond motifs is 2. The summed E-state index contributed by atoms with van der Waals surface area (Å²) in [5.41, 5.74) is 5.67. The second-order valence-corrected chi connectivity index (χ2v) is 5.58. The van der Waals surface area contributed by atoms with Crippen LogP contribution in [0.3, 0.4) is 0 Å². The molecule has 2 aromatic carbocycles. The van der Waals surface area contributed by atoms with Crippen LogP contribution < -0.4 is 18.9 Å². The molecule has 0 bridgehead atoms. The third-order valence-corrected chi connectivity index (χ3v) is 4.39. The molecule has 0 aromatic heterocycles. The average Bonchev–Trinajstić information content (AvgIpc) is 3.09. The summed E-state index contributed by atoms with van der Waals surface area (Å²) in [5.74, 6) is 1.03. The van der Waals surface area contributed by atoms with E-state index in [-0.39, 0.29) is 18.9 Å². The number of allylic oxidation sites excluding steroid dienone is 2. The van der Waals surface area contributed by atoms with Crippen molar-refractivity contribution in [2.75, 3.05) is 0 Å². The molecule has 2 aromatic rings. The maximum Gasteiger partial charge on any atom is 1.00 e. The Bertz CT molecular complexity index is 635. The zero-order valence-corrected chi connectivity index (χ0v) is 12.4. The van der Waals surface area contributed by atoms with E-state index in [1.807, 2.05) is 0 Å². The van der Waals surface area contributed by atoms with Crippen LogP contribution in [0.25, 0.3) is 12.2 Å². The van der Waals surface area contributed by atoms with Gasteiger partial charge in [-0.1, -0.05) is 72.3 Å². The molecule has 0 saturated carbocycles. The summed E-state index contributed by atoms with van der Waals surface area (Å²) in [6.07, 6.45) is 12.7. The predicted molar refractivity (Wildman–Crippen MR) is 85.4 cm³/mol. The van der Waals surface area contributed by atoms with Crippen LogP contribution in [-0.4, -0.2) is 0 Å². The van der Waals surface area contributed by atoms with Crippen molar-refractivity contribution in [3.63, 3.8) is 0 Å². The molecule has 0 N–H and O–H groups in total. The maximum atomic E-state index is 2.46. The zero-order valence-electron chi connectivity index (χ0n) is 12.4. The van der Waals surface area contributed by atoms with Crippen LogP contribution in [0.1, 0.15) is 40.5 Å². The van der Waals surface area contributed by atoms with Gasteiger partial charge in [0.2, 0.25) is 0 Å². The van der Waals surface area contributed by atoms with Crippen LogP contribution in [0.4, 0.5) is 0 Å². The van der Waals surface area contributed by atoms with Crippen molar-refractivity contribution in [3.05, 3.63) is 89.4 Å². The molecule has 0 heterocycles. The predicted octanol–water partition coefficient (Wildman–Crippen LogP) is 2.21. The van der Waals surface area contributed by atoms with Crippen molar-refractivity contribution in [2.45, 2.75) is 18.3 Å². The Labute approximate surface area is 138 Å². The van der Waals surface area contributed by atoms with Crippen molar-refractivity contribution >= 4 is 12.2 Å². The van der Waals surface area contributed by atoms with Crippen LogP contribution in [0.15, 0.2) is 60.7 Å². The molecule has 98 valence electrons. The van der Waals surface area contributed by atoms with Crippen LogP contribution in [0.2, 0.25) is 0 Å². The summed E-state index contributed by atoms with van der Waals surface area (Å²) >= 11 is 0. The zero-order chi connectivity index (χ0) is 13.4. The minimum absolute atomic E-state index is 0. The van der Waals surface area contributed by atoms with Gasteiger partial charge in [-0.2, -0.15) is 6.42 Å². The van der Waals surface area contributed by atoms with Crippen LogP contribution >= 0.6 is 0 Å². The van der Waals surface area contributed by atoms with Crippen molar-refractivity contribution < 1.29 is 18.9 Å². The Kier molecular flexibility index (Phi) is 4.20. The number of rotatable bonds is 3. The van der Waals surface area contributed by atoms with Gasteiger partial charge in [-0.3, -0.25) is 0 Å². The average molecular weight is 264 g/mol. The molecule has 21 heavy (non-hydrogen) atoms. The summed E-state index contributed by atoms with van der Waals surface area (Å²) in [7, 11) is 0. The van der Waals surface area contributed by atoms with E-state index in [4.69, 9.17) is 0 Å². The van der Waals surface area contributed by atoms with E-state index in [2.05, 4.69) is 79.3 Å². The summed E-state index contributed by atoms with van der Waals surface area (Å²) in [5, 5.41) is 0.